The number of benzene rings is 8. The molecule has 0 saturated heterocycles. The van der Waals surface area contributed by atoms with Crippen LogP contribution in [0.4, 0.5) is 0 Å². The second-order valence-corrected chi connectivity index (χ2v) is 12.3. The fourth-order valence-corrected chi connectivity index (χ4v) is 7.69. The Morgan fingerprint density at radius 1 is 0.340 bits per heavy atom. The summed E-state index contributed by atoms with van der Waals surface area (Å²) in [5, 5.41) is 11.2. The van der Waals surface area contributed by atoms with E-state index in [1.807, 2.05) is 0 Å². The van der Waals surface area contributed by atoms with Crippen LogP contribution in [-0.4, -0.2) is 9.55 Å². The highest BCUT2D eigenvalue weighted by Crippen LogP contribution is 2.43. The summed E-state index contributed by atoms with van der Waals surface area (Å²) < 4.78 is 2.37. The third kappa shape index (κ3) is 3.89. The summed E-state index contributed by atoms with van der Waals surface area (Å²) in [5.74, 6) is 0. The Morgan fingerprint density at radius 3 is 1.70 bits per heavy atom. The summed E-state index contributed by atoms with van der Waals surface area (Å²) in [5.41, 5.74) is 9.10. The molecule has 2 aromatic heterocycles. The maximum atomic E-state index is 5.39. The zero-order chi connectivity index (χ0) is 30.9. The minimum Gasteiger partial charge on any atom is -0.309 e. The average molecular weight is 597 g/mol. The van der Waals surface area contributed by atoms with Crippen LogP contribution >= 0.6 is 0 Å². The number of hydrogen-bond acceptors (Lipinski definition) is 1. The van der Waals surface area contributed by atoms with Gasteiger partial charge in [0.2, 0.25) is 0 Å². The summed E-state index contributed by atoms with van der Waals surface area (Å²) in [6.45, 7) is 0. The first-order valence-electron chi connectivity index (χ1n) is 16.1. The van der Waals surface area contributed by atoms with E-state index in [-0.39, 0.29) is 0 Å². The van der Waals surface area contributed by atoms with Crippen molar-refractivity contribution in [3.8, 4) is 28.1 Å². The number of hydrogen-bond donors (Lipinski definition) is 0. The molecule has 0 saturated carbocycles. The Bertz CT molecular complexity index is 2840. The maximum Gasteiger partial charge on any atom is 0.0794 e. The van der Waals surface area contributed by atoms with Crippen molar-refractivity contribution in [2.75, 3.05) is 0 Å². The fourth-order valence-electron chi connectivity index (χ4n) is 7.69. The van der Waals surface area contributed by atoms with Gasteiger partial charge < -0.3 is 4.57 Å². The first-order chi connectivity index (χ1) is 23.3. The molecule has 0 bridgehead atoms. The molecule has 0 spiro atoms. The van der Waals surface area contributed by atoms with Gasteiger partial charge in [0.25, 0.3) is 0 Å². The lowest BCUT2D eigenvalue weighted by Crippen LogP contribution is -1.93. The van der Waals surface area contributed by atoms with E-state index in [4.69, 9.17) is 4.98 Å². The summed E-state index contributed by atoms with van der Waals surface area (Å²) in [7, 11) is 0. The van der Waals surface area contributed by atoms with Gasteiger partial charge in [0.15, 0.2) is 0 Å². The van der Waals surface area contributed by atoms with E-state index in [0.29, 0.717) is 0 Å². The van der Waals surface area contributed by atoms with Crippen LogP contribution in [0.25, 0.3) is 93.1 Å². The minimum absolute atomic E-state index is 1.01. The van der Waals surface area contributed by atoms with Crippen molar-refractivity contribution in [2.24, 2.45) is 0 Å². The van der Waals surface area contributed by atoms with Crippen LogP contribution in [0.5, 0.6) is 0 Å². The summed E-state index contributed by atoms with van der Waals surface area (Å²) in [6, 6.07) is 61.3. The molecule has 218 valence electrons. The smallest absolute Gasteiger partial charge is 0.0794 e. The van der Waals surface area contributed by atoms with E-state index in [2.05, 4.69) is 174 Å². The van der Waals surface area contributed by atoms with Crippen molar-refractivity contribution in [3.05, 3.63) is 170 Å². The molecule has 0 atom stereocenters. The minimum atomic E-state index is 1.01. The predicted octanol–water partition coefficient (Wildman–Crippen LogP) is 12.1. The lowest BCUT2D eigenvalue weighted by atomic mass is 9.89. The number of pyridine rings is 1. The topological polar surface area (TPSA) is 17.8 Å². The molecule has 0 aliphatic rings. The Labute approximate surface area is 271 Å². The first kappa shape index (κ1) is 26.0. The third-order valence-corrected chi connectivity index (χ3v) is 9.73. The zero-order valence-corrected chi connectivity index (χ0v) is 25.6. The highest BCUT2D eigenvalue weighted by atomic mass is 15.0. The van der Waals surface area contributed by atoms with Gasteiger partial charge in [0.05, 0.1) is 22.2 Å². The molecule has 0 aliphatic carbocycles. The summed E-state index contributed by atoms with van der Waals surface area (Å²) in [4.78, 5) is 5.39. The standard InChI is InChI=1S/C45H28N2/c1-2-15-32(16-3-1)47-41-24-11-9-19-35(41)39-28-30(25-26-42(39)47)29-13-12-14-31(27-29)45-44-37-21-7-5-18-34(37)33-17-4-6-20-36(33)43(44)38-22-8-10-23-40(38)46-45/h1-28H. The molecule has 8 aromatic carbocycles. The Balaban J connectivity index is 1.24. The largest absolute Gasteiger partial charge is 0.309 e. The van der Waals surface area contributed by atoms with Gasteiger partial charge in [0.1, 0.15) is 0 Å². The van der Waals surface area contributed by atoms with Gasteiger partial charge in [-0.25, -0.2) is 4.98 Å². The Kier molecular flexibility index (Phi) is 5.61. The van der Waals surface area contributed by atoms with Crippen LogP contribution in [0.15, 0.2) is 170 Å². The van der Waals surface area contributed by atoms with E-state index in [9.17, 15) is 0 Å². The highest BCUT2D eigenvalue weighted by Gasteiger charge is 2.18. The van der Waals surface area contributed by atoms with E-state index in [1.165, 1.54) is 76.3 Å². The molecule has 2 nitrogen and oxygen atoms in total. The molecule has 10 aromatic rings. The van der Waals surface area contributed by atoms with Crippen molar-refractivity contribution >= 4 is 65.0 Å². The average Bonchev–Trinajstić information content (AvgIpc) is 3.48. The molecular weight excluding hydrogens is 569 g/mol. The van der Waals surface area contributed by atoms with E-state index in [1.54, 1.807) is 0 Å². The third-order valence-electron chi connectivity index (χ3n) is 9.73. The number of para-hydroxylation sites is 3. The van der Waals surface area contributed by atoms with Gasteiger partial charge in [0, 0.05) is 38.2 Å². The SMILES string of the molecule is c1ccc(-n2c3ccccc3c3cc(-c4cccc(-c5nc6ccccc6c6c7ccccc7c7ccccc7c56)c4)ccc32)cc1. The molecule has 0 amide bonds. The number of fused-ring (bicyclic) bond motifs is 11. The van der Waals surface area contributed by atoms with Crippen molar-refractivity contribution in [3.63, 3.8) is 0 Å². The van der Waals surface area contributed by atoms with Crippen molar-refractivity contribution in [2.45, 2.75) is 0 Å². The lowest BCUT2D eigenvalue weighted by Gasteiger charge is -2.16. The molecular formula is C45H28N2. The maximum absolute atomic E-state index is 5.39. The lowest BCUT2D eigenvalue weighted by molar-refractivity contribution is 1.18. The van der Waals surface area contributed by atoms with Crippen molar-refractivity contribution < 1.29 is 0 Å². The van der Waals surface area contributed by atoms with E-state index in [0.717, 1.165) is 16.8 Å². The van der Waals surface area contributed by atoms with Gasteiger partial charge in [-0.2, -0.15) is 0 Å². The quantitative estimate of drug-likeness (QED) is 0.186. The number of rotatable bonds is 3. The molecule has 0 radical (unpaired) electrons. The van der Waals surface area contributed by atoms with Gasteiger partial charge in [-0.1, -0.05) is 127 Å². The van der Waals surface area contributed by atoms with Gasteiger partial charge in [-0.15, -0.1) is 0 Å². The normalized spacial score (nSPS) is 11.8. The first-order valence-corrected chi connectivity index (χ1v) is 16.1. The van der Waals surface area contributed by atoms with Crippen molar-refractivity contribution in [1.82, 2.24) is 9.55 Å². The fraction of sp³-hybridized carbons (Fsp3) is 0. The molecule has 0 aliphatic heterocycles. The van der Waals surface area contributed by atoms with Crippen LogP contribution in [-0.2, 0) is 0 Å². The summed E-state index contributed by atoms with van der Waals surface area (Å²) in [6.07, 6.45) is 0. The van der Waals surface area contributed by atoms with Crippen LogP contribution in [0.1, 0.15) is 0 Å². The van der Waals surface area contributed by atoms with Crippen LogP contribution < -0.4 is 0 Å². The Hall–Kier alpha value is -6.25. The van der Waals surface area contributed by atoms with Crippen LogP contribution in [0.3, 0.4) is 0 Å². The second kappa shape index (κ2) is 10.1. The predicted molar refractivity (Wildman–Crippen MR) is 199 cm³/mol. The molecule has 0 unspecified atom stereocenters. The number of nitrogens with zero attached hydrogens (tertiary/aromatic N) is 2. The van der Waals surface area contributed by atoms with Gasteiger partial charge in [-0.05, 0) is 75.1 Å². The Morgan fingerprint density at radius 2 is 0.915 bits per heavy atom. The zero-order valence-electron chi connectivity index (χ0n) is 25.6. The highest BCUT2D eigenvalue weighted by molar-refractivity contribution is 6.33. The van der Waals surface area contributed by atoms with Gasteiger partial charge in [-0.3, -0.25) is 0 Å². The molecule has 0 fully saturated rings. The van der Waals surface area contributed by atoms with Crippen LogP contribution in [0.2, 0.25) is 0 Å². The van der Waals surface area contributed by atoms with Crippen molar-refractivity contribution in [1.29, 1.82) is 0 Å². The molecule has 47 heavy (non-hydrogen) atoms. The molecule has 2 heterocycles. The molecule has 0 N–H and O–H groups in total. The molecule has 2 heteroatoms. The monoisotopic (exact) mass is 596 g/mol. The van der Waals surface area contributed by atoms with Crippen LogP contribution in [0, 0.1) is 0 Å². The number of aromatic nitrogens is 2. The second-order valence-electron chi connectivity index (χ2n) is 12.3. The molecule has 10 rings (SSSR count). The van der Waals surface area contributed by atoms with E-state index < -0.39 is 0 Å². The van der Waals surface area contributed by atoms with E-state index >= 15 is 0 Å². The summed E-state index contributed by atoms with van der Waals surface area (Å²) >= 11 is 0. The van der Waals surface area contributed by atoms with Gasteiger partial charge >= 0.3 is 0 Å².